The average Bonchev–Trinajstić information content (AvgIpc) is 2.73. The van der Waals surface area contributed by atoms with Gasteiger partial charge in [-0.25, -0.2) is 4.98 Å². The van der Waals surface area contributed by atoms with Gasteiger partial charge < -0.3 is 20.1 Å². The molecule has 2 aromatic carbocycles. The molecule has 0 fully saturated rings. The smallest absolute Gasteiger partial charge is 0.257 e. The molecule has 0 bridgehead atoms. The molecule has 0 unspecified atom stereocenters. The Morgan fingerprint density at radius 3 is 2.54 bits per heavy atom. The van der Waals surface area contributed by atoms with Crippen molar-refractivity contribution in [1.82, 2.24) is 4.98 Å². The molecule has 0 atom stereocenters. The normalized spacial score (nSPS) is 10.2. The van der Waals surface area contributed by atoms with E-state index in [0.29, 0.717) is 35.1 Å². The molecule has 0 aliphatic rings. The molecule has 0 saturated carbocycles. The van der Waals surface area contributed by atoms with Crippen molar-refractivity contribution in [3.8, 4) is 11.5 Å². The number of carbonyl (C=O) groups excluding carboxylic acids is 1. The van der Waals surface area contributed by atoms with Gasteiger partial charge >= 0.3 is 0 Å². The molecule has 0 spiro atoms. The Morgan fingerprint density at radius 2 is 1.86 bits per heavy atom. The van der Waals surface area contributed by atoms with Crippen LogP contribution < -0.4 is 20.1 Å². The zero-order valence-corrected chi connectivity index (χ0v) is 16.2. The van der Waals surface area contributed by atoms with E-state index in [0.717, 1.165) is 0 Å². The first-order valence-electron chi connectivity index (χ1n) is 8.88. The molecule has 6 nitrogen and oxygen atoms in total. The molecule has 0 aliphatic carbocycles. The number of amides is 1. The van der Waals surface area contributed by atoms with Crippen LogP contribution in [-0.4, -0.2) is 25.1 Å². The van der Waals surface area contributed by atoms with Crippen LogP contribution in [0.15, 0.2) is 60.8 Å². The highest BCUT2D eigenvalue weighted by molar-refractivity contribution is 6.05. The highest BCUT2D eigenvalue weighted by Crippen LogP contribution is 2.29. The molecule has 0 radical (unpaired) electrons. The van der Waals surface area contributed by atoms with E-state index in [9.17, 15) is 4.79 Å². The number of carbonyl (C=O) groups is 1. The zero-order chi connectivity index (χ0) is 19.9. The summed E-state index contributed by atoms with van der Waals surface area (Å²) in [5.41, 5.74) is 3.41. The van der Waals surface area contributed by atoms with Gasteiger partial charge in [0.1, 0.15) is 17.3 Å². The first kappa shape index (κ1) is 19.2. The first-order valence-corrected chi connectivity index (χ1v) is 8.88. The molecule has 144 valence electrons. The van der Waals surface area contributed by atoms with Crippen LogP contribution >= 0.6 is 0 Å². The summed E-state index contributed by atoms with van der Waals surface area (Å²) in [7, 11) is 3.12. The largest absolute Gasteiger partial charge is 0.497 e. The quantitative estimate of drug-likeness (QED) is 0.643. The van der Waals surface area contributed by atoms with Crippen LogP contribution in [-0.2, 0) is 6.54 Å². The monoisotopic (exact) mass is 377 g/mol. The number of pyridine rings is 1. The molecular weight excluding hydrogens is 354 g/mol. The van der Waals surface area contributed by atoms with Crippen LogP contribution in [0.2, 0.25) is 0 Å². The number of nitrogens with zero attached hydrogens (tertiary/aromatic N) is 1. The molecule has 28 heavy (non-hydrogen) atoms. The van der Waals surface area contributed by atoms with Crippen LogP contribution in [0.3, 0.4) is 0 Å². The second-order valence-electron chi connectivity index (χ2n) is 6.23. The van der Waals surface area contributed by atoms with Crippen molar-refractivity contribution < 1.29 is 14.3 Å². The topological polar surface area (TPSA) is 72.5 Å². The van der Waals surface area contributed by atoms with E-state index in [1.165, 1.54) is 11.1 Å². The minimum atomic E-state index is -0.274. The predicted molar refractivity (Wildman–Crippen MR) is 110 cm³/mol. The van der Waals surface area contributed by atoms with Crippen molar-refractivity contribution in [2.24, 2.45) is 0 Å². The number of aromatic nitrogens is 1. The Morgan fingerprint density at radius 1 is 1.04 bits per heavy atom. The fourth-order valence-electron chi connectivity index (χ4n) is 2.73. The van der Waals surface area contributed by atoms with Gasteiger partial charge in [-0.15, -0.1) is 0 Å². The highest BCUT2D eigenvalue weighted by Gasteiger charge is 2.11. The summed E-state index contributed by atoms with van der Waals surface area (Å²) in [5.74, 6) is 1.62. The summed E-state index contributed by atoms with van der Waals surface area (Å²) >= 11 is 0. The fraction of sp³-hybridized carbons (Fsp3) is 0.182. The van der Waals surface area contributed by atoms with Crippen molar-refractivity contribution in [3.05, 3.63) is 77.5 Å². The SMILES string of the molecule is COc1ccc(OC)c(NC(=O)c2ccc(NCc3ccccc3C)nc2)c1. The number of nitrogens with one attached hydrogen (secondary N) is 2. The highest BCUT2D eigenvalue weighted by atomic mass is 16.5. The molecular formula is C22H23N3O3. The van der Waals surface area contributed by atoms with Gasteiger partial charge in [-0.2, -0.15) is 0 Å². The van der Waals surface area contributed by atoms with E-state index in [1.54, 1.807) is 50.7 Å². The van der Waals surface area contributed by atoms with E-state index >= 15 is 0 Å². The third kappa shape index (κ3) is 4.59. The Balaban J connectivity index is 1.66. The zero-order valence-electron chi connectivity index (χ0n) is 16.2. The average molecular weight is 377 g/mol. The van der Waals surface area contributed by atoms with Gasteiger partial charge in [-0.3, -0.25) is 4.79 Å². The number of hydrogen-bond acceptors (Lipinski definition) is 5. The summed E-state index contributed by atoms with van der Waals surface area (Å²) in [5, 5.41) is 6.10. The Hall–Kier alpha value is -3.54. The summed E-state index contributed by atoms with van der Waals surface area (Å²) in [6, 6.07) is 16.9. The predicted octanol–water partition coefficient (Wildman–Crippen LogP) is 4.27. The molecule has 3 aromatic rings. The van der Waals surface area contributed by atoms with Crippen molar-refractivity contribution in [2.45, 2.75) is 13.5 Å². The van der Waals surface area contributed by atoms with Crippen LogP contribution in [0.5, 0.6) is 11.5 Å². The lowest BCUT2D eigenvalue weighted by Gasteiger charge is -2.12. The number of anilines is 2. The van der Waals surface area contributed by atoms with E-state index in [2.05, 4.69) is 34.7 Å². The lowest BCUT2D eigenvalue weighted by atomic mass is 10.1. The lowest BCUT2D eigenvalue weighted by Crippen LogP contribution is -2.13. The van der Waals surface area contributed by atoms with Crippen molar-refractivity contribution in [3.63, 3.8) is 0 Å². The van der Waals surface area contributed by atoms with Gasteiger partial charge in [0, 0.05) is 18.8 Å². The van der Waals surface area contributed by atoms with Gasteiger partial charge in [0.25, 0.3) is 5.91 Å². The maximum Gasteiger partial charge on any atom is 0.257 e. The molecule has 6 heteroatoms. The summed E-state index contributed by atoms with van der Waals surface area (Å²) in [4.78, 5) is 16.9. The number of rotatable bonds is 7. The van der Waals surface area contributed by atoms with Gasteiger partial charge in [0.2, 0.25) is 0 Å². The van der Waals surface area contributed by atoms with Crippen LogP contribution in [0, 0.1) is 6.92 Å². The van der Waals surface area contributed by atoms with Crippen molar-refractivity contribution in [1.29, 1.82) is 0 Å². The van der Waals surface area contributed by atoms with Gasteiger partial charge in [0.15, 0.2) is 0 Å². The Labute approximate surface area is 164 Å². The standard InChI is InChI=1S/C22H23N3O3/c1-15-6-4-5-7-16(15)13-23-21-11-8-17(14-24-21)22(26)25-19-12-18(27-2)9-10-20(19)28-3/h4-12,14H,13H2,1-3H3,(H,23,24)(H,25,26). The summed E-state index contributed by atoms with van der Waals surface area (Å²) in [6.45, 7) is 2.75. The number of benzene rings is 2. The molecule has 3 rings (SSSR count). The van der Waals surface area contributed by atoms with E-state index in [1.807, 2.05) is 12.1 Å². The number of ether oxygens (including phenoxy) is 2. The fourth-order valence-corrected chi connectivity index (χ4v) is 2.73. The van der Waals surface area contributed by atoms with Crippen LogP contribution in [0.1, 0.15) is 21.5 Å². The molecule has 1 heterocycles. The second kappa shape index (κ2) is 8.90. The van der Waals surface area contributed by atoms with E-state index in [-0.39, 0.29) is 5.91 Å². The van der Waals surface area contributed by atoms with Crippen molar-refractivity contribution >= 4 is 17.4 Å². The summed E-state index contributed by atoms with van der Waals surface area (Å²) < 4.78 is 10.5. The third-order valence-corrected chi connectivity index (χ3v) is 4.40. The second-order valence-corrected chi connectivity index (χ2v) is 6.23. The van der Waals surface area contributed by atoms with E-state index < -0.39 is 0 Å². The summed E-state index contributed by atoms with van der Waals surface area (Å²) in [6.07, 6.45) is 1.54. The van der Waals surface area contributed by atoms with Crippen LogP contribution in [0.25, 0.3) is 0 Å². The van der Waals surface area contributed by atoms with Crippen molar-refractivity contribution in [2.75, 3.05) is 24.9 Å². The number of methoxy groups -OCH3 is 2. The first-order chi connectivity index (χ1) is 13.6. The molecule has 0 aliphatic heterocycles. The lowest BCUT2D eigenvalue weighted by molar-refractivity contribution is 0.102. The van der Waals surface area contributed by atoms with E-state index in [4.69, 9.17) is 9.47 Å². The Kier molecular flexibility index (Phi) is 6.11. The van der Waals surface area contributed by atoms with Gasteiger partial charge in [-0.05, 0) is 42.3 Å². The van der Waals surface area contributed by atoms with Gasteiger partial charge in [0.05, 0.1) is 25.5 Å². The minimum Gasteiger partial charge on any atom is -0.497 e. The molecule has 2 N–H and O–H groups in total. The molecule has 1 amide bonds. The maximum absolute atomic E-state index is 12.5. The maximum atomic E-state index is 12.5. The molecule has 0 saturated heterocycles. The number of aryl methyl sites for hydroxylation is 1. The minimum absolute atomic E-state index is 0.274. The van der Waals surface area contributed by atoms with Gasteiger partial charge in [-0.1, -0.05) is 24.3 Å². The molecule has 1 aromatic heterocycles. The third-order valence-electron chi connectivity index (χ3n) is 4.40. The number of hydrogen-bond donors (Lipinski definition) is 2. The Bertz CT molecular complexity index is 955. The van der Waals surface area contributed by atoms with Crippen LogP contribution in [0.4, 0.5) is 11.5 Å².